The van der Waals surface area contributed by atoms with Crippen molar-refractivity contribution in [2.75, 3.05) is 14.2 Å². The molecule has 0 amide bonds. The molecule has 0 aliphatic carbocycles. The number of rotatable bonds is 5. The summed E-state index contributed by atoms with van der Waals surface area (Å²) in [5.74, 6) is 1.88. The van der Waals surface area contributed by atoms with Gasteiger partial charge in [0.2, 0.25) is 0 Å². The fourth-order valence-corrected chi connectivity index (χ4v) is 3.19. The second-order valence-electron chi connectivity index (χ2n) is 6.41. The number of methoxy groups -OCH3 is 2. The number of hydrogen-bond acceptors (Lipinski definition) is 4. The van der Waals surface area contributed by atoms with Crippen LogP contribution in [0.15, 0.2) is 77.6 Å². The van der Waals surface area contributed by atoms with Crippen molar-refractivity contribution >= 4 is 23.1 Å². The van der Waals surface area contributed by atoms with E-state index in [1.165, 1.54) is 0 Å². The fourth-order valence-electron chi connectivity index (χ4n) is 3.19. The molecule has 0 N–H and O–H groups in total. The largest absolute Gasteiger partial charge is 0.497 e. The average Bonchev–Trinajstić information content (AvgIpc) is 2.78. The number of ether oxygens (including phenoxy) is 2. The summed E-state index contributed by atoms with van der Waals surface area (Å²) in [6.45, 7) is 0. The number of benzene rings is 3. The molecule has 0 saturated carbocycles. The topological polar surface area (TPSA) is 53.4 Å². The summed E-state index contributed by atoms with van der Waals surface area (Å²) in [6, 6.07) is 22.5. The van der Waals surface area contributed by atoms with E-state index in [1.807, 2.05) is 66.7 Å². The van der Waals surface area contributed by atoms with E-state index in [0.717, 1.165) is 17.0 Å². The first-order chi connectivity index (χ1) is 14.2. The second kappa shape index (κ2) is 8.02. The van der Waals surface area contributed by atoms with Crippen molar-refractivity contribution in [3.63, 3.8) is 0 Å². The Morgan fingerprint density at radius 1 is 0.828 bits per heavy atom. The number of fused-ring (bicyclic) bond motifs is 1. The lowest BCUT2D eigenvalue weighted by molar-refractivity contribution is 0.415. The zero-order valence-electron chi connectivity index (χ0n) is 16.2. The Morgan fingerprint density at radius 3 is 2.28 bits per heavy atom. The van der Waals surface area contributed by atoms with Crippen LogP contribution in [0, 0.1) is 0 Å². The van der Waals surface area contributed by atoms with Gasteiger partial charge in [0.15, 0.2) is 0 Å². The summed E-state index contributed by atoms with van der Waals surface area (Å²) in [5, 5.41) is 0.509. The molecule has 0 aliphatic rings. The zero-order chi connectivity index (χ0) is 20.2. The van der Waals surface area contributed by atoms with Crippen LogP contribution >= 0.6 is 0 Å². The fraction of sp³-hybridized carbons (Fsp3) is 0.0833. The summed E-state index contributed by atoms with van der Waals surface area (Å²) in [4.78, 5) is 18.1. The van der Waals surface area contributed by atoms with Gasteiger partial charge in [-0.25, -0.2) is 4.98 Å². The maximum atomic E-state index is 13.3. The van der Waals surface area contributed by atoms with Crippen LogP contribution in [0.3, 0.4) is 0 Å². The van der Waals surface area contributed by atoms with E-state index in [1.54, 1.807) is 37.0 Å². The lowest BCUT2D eigenvalue weighted by Crippen LogP contribution is -2.22. The molecule has 5 nitrogen and oxygen atoms in total. The van der Waals surface area contributed by atoms with Gasteiger partial charge in [0.1, 0.15) is 22.8 Å². The molecule has 144 valence electrons. The highest BCUT2D eigenvalue weighted by atomic mass is 16.5. The number of nitrogens with zero attached hydrogens (tertiary/aromatic N) is 2. The average molecular weight is 384 g/mol. The van der Waals surface area contributed by atoms with Crippen molar-refractivity contribution in [2.24, 2.45) is 0 Å². The highest BCUT2D eigenvalue weighted by Crippen LogP contribution is 2.23. The summed E-state index contributed by atoms with van der Waals surface area (Å²) in [5.41, 5.74) is 2.12. The monoisotopic (exact) mass is 384 g/mol. The Bertz CT molecular complexity index is 1230. The minimum Gasteiger partial charge on any atom is -0.497 e. The van der Waals surface area contributed by atoms with Crippen molar-refractivity contribution in [1.82, 2.24) is 9.55 Å². The van der Waals surface area contributed by atoms with Crippen molar-refractivity contribution in [3.8, 4) is 17.2 Å². The van der Waals surface area contributed by atoms with Crippen molar-refractivity contribution in [3.05, 3.63) is 94.5 Å². The Hall–Kier alpha value is -3.86. The molecule has 5 heteroatoms. The molecule has 0 radical (unpaired) electrons. The summed E-state index contributed by atoms with van der Waals surface area (Å²) in [6.07, 6.45) is 3.75. The Kier molecular flexibility index (Phi) is 5.12. The molecule has 4 rings (SSSR count). The van der Waals surface area contributed by atoms with Gasteiger partial charge < -0.3 is 9.47 Å². The minimum atomic E-state index is -0.144. The van der Waals surface area contributed by atoms with Crippen LogP contribution in [-0.4, -0.2) is 23.8 Å². The first kappa shape index (κ1) is 18.5. The molecule has 0 fully saturated rings. The second-order valence-corrected chi connectivity index (χ2v) is 6.41. The molecule has 4 aromatic rings. The third kappa shape index (κ3) is 3.62. The summed E-state index contributed by atoms with van der Waals surface area (Å²) >= 11 is 0. The Labute approximate surface area is 168 Å². The van der Waals surface area contributed by atoms with E-state index in [2.05, 4.69) is 0 Å². The third-order valence-corrected chi connectivity index (χ3v) is 4.66. The van der Waals surface area contributed by atoms with Gasteiger partial charge in [-0.05, 0) is 48.0 Å². The molecule has 0 saturated heterocycles. The first-order valence-electron chi connectivity index (χ1n) is 9.18. The van der Waals surface area contributed by atoms with Crippen molar-refractivity contribution in [1.29, 1.82) is 0 Å². The van der Waals surface area contributed by atoms with Gasteiger partial charge >= 0.3 is 0 Å². The maximum absolute atomic E-state index is 13.3. The predicted molar refractivity (Wildman–Crippen MR) is 116 cm³/mol. The van der Waals surface area contributed by atoms with Gasteiger partial charge in [-0.2, -0.15) is 0 Å². The molecule has 0 atom stereocenters. The maximum Gasteiger partial charge on any atom is 0.266 e. The highest BCUT2D eigenvalue weighted by molar-refractivity contribution is 5.85. The van der Waals surface area contributed by atoms with Gasteiger partial charge in [0.05, 0.1) is 25.3 Å². The quantitative estimate of drug-likeness (QED) is 0.506. The van der Waals surface area contributed by atoms with Gasteiger partial charge in [-0.15, -0.1) is 0 Å². The zero-order valence-corrected chi connectivity index (χ0v) is 16.2. The molecule has 0 unspecified atom stereocenters. The van der Waals surface area contributed by atoms with Crippen LogP contribution in [0.1, 0.15) is 11.4 Å². The molecule has 0 aliphatic heterocycles. The molecule has 29 heavy (non-hydrogen) atoms. The van der Waals surface area contributed by atoms with Crippen LogP contribution in [0.2, 0.25) is 0 Å². The third-order valence-electron chi connectivity index (χ3n) is 4.66. The van der Waals surface area contributed by atoms with E-state index >= 15 is 0 Å². The standard InChI is InChI=1S/C24H20N2O3/c1-28-19-14-11-17(12-15-19)13-16-22-25-23-20(9-6-10-21(23)29-2)24(27)26(22)18-7-4-3-5-8-18/h3-16H,1-2H3. The van der Waals surface area contributed by atoms with Crippen LogP contribution in [0.4, 0.5) is 0 Å². The lowest BCUT2D eigenvalue weighted by Gasteiger charge is -2.13. The smallest absolute Gasteiger partial charge is 0.266 e. The molecule has 3 aromatic carbocycles. The van der Waals surface area contributed by atoms with Crippen LogP contribution in [0.25, 0.3) is 28.7 Å². The van der Waals surface area contributed by atoms with Gasteiger partial charge in [0.25, 0.3) is 5.56 Å². The predicted octanol–water partition coefficient (Wildman–Crippen LogP) is 4.57. The van der Waals surface area contributed by atoms with Crippen LogP contribution in [-0.2, 0) is 0 Å². The van der Waals surface area contributed by atoms with E-state index in [0.29, 0.717) is 22.5 Å². The van der Waals surface area contributed by atoms with E-state index in [9.17, 15) is 4.79 Å². The molecule has 1 heterocycles. The molecule has 0 spiro atoms. The van der Waals surface area contributed by atoms with Crippen molar-refractivity contribution in [2.45, 2.75) is 0 Å². The van der Waals surface area contributed by atoms with Crippen molar-refractivity contribution < 1.29 is 9.47 Å². The molecular weight excluding hydrogens is 364 g/mol. The van der Waals surface area contributed by atoms with Gasteiger partial charge in [-0.3, -0.25) is 9.36 Å². The van der Waals surface area contributed by atoms with Gasteiger partial charge in [-0.1, -0.05) is 42.5 Å². The number of aromatic nitrogens is 2. The number of para-hydroxylation sites is 2. The summed E-state index contributed by atoms with van der Waals surface area (Å²) in [7, 11) is 3.21. The van der Waals surface area contributed by atoms with Crippen LogP contribution in [0.5, 0.6) is 11.5 Å². The van der Waals surface area contributed by atoms with E-state index < -0.39 is 0 Å². The minimum absolute atomic E-state index is 0.144. The van der Waals surface area contributed by atoms with Crippen LogP contribution < -0.4 is 15.0 Å². The highest BCUT2D eigenvalue weighted by Gasteiger charge is 2.13. The Balaban J connectivity index is 1.92. The molecule has 0 bridgehead atoms. The first-order valence-corrected chi connectivity index (χ1v) is 9.18. The Morgan fingerprint density at radius 2 is 1.59 bits per heavy atom. The lowest BCUT2D eigenvalue weighted by atomic mass is 10.2. The van der Waals surface area contributed by atoms with E-state index in [4.69, 9.17) is 14.5 Å². The normalized spacial score (nSPS) is 11.1. The molecular formula is C24H20N2O3. The summed E-state index contributed by atoms with van der Waals surface area (Å²) < 4.78 is 12.2. The SMILES string of the molecule is COc1ccc(C=Cc2nc3c(OC)cccc3c(=O)n2-c2ccccc2)cc1. The van der Waals surface area contributed by atoms with Gasteiger partial charge in [0, 0.05) is 0 Å². The number of hydrogen-bond donors (Lipinski definition) is 0. The van der Waals surface area contributed by atoms with E-state index in [-0.39, 0.29) is 5.56 Å². The molecule has 1 aromatic heterocycles.